The van der Waals surface area contributed by atoms with Gasteiger partial charge in [0.05, 0.1) is 34.2 Å². The molecule has 0 bridgehead atoms. The molecule has 0 atom stereocenters. The first kappa shape index (κ1) is 19.0. The van der Waals surface area contributed by atoms with E-state index < -0.39 is 0 Å². The van der Waals surface area contributed by atoms with E-state index >= 15 is 0 Å². The van der Waals surface area contributed by atoms with Gasteiger partial charge >= 0.3 is 0 Å². The van der Waals surface area contributed by atoms with Gasteiger partial charge in [0.1, 0.15) is 5.02 Å². The molecule has 0 unspecified atom stereocenters. The average molecular weight is 430 g/mol. The van der Waals surface area contributed by atoms with E-state index in [1.807, 2.05) is 20.0 Å². The number of aryl methyl sites for hydroxylation is 1. The van der Waals surface area contributed by atoms with Gasteiger partial charge in [-0.1, -0.05) is 40.9 Å². The van der Waals surface area contributed by atoms with Crippen molar-refractivity contribution in [2.45, 2.75) is 13.5 Å². The zero-order valence-corrected chi connectivity index (χ0v) is 17.0. The minimum absolute atomic E-state index is 0.378. The molecule has 0 aliphatic carbocycles. The Morgan fingerprint density at radius 1 is 1.15 bits per heavy atom. The van der Waals surface area contributed by atoms with Crippen molar-refractivity contribution < 1.29 is 0 Å². The Morgan fingerprint density at radius 3 is 2.58 bits per heavy atom. The predicted molar refractivity (Wildman–Crippen MR) is 111 cm³/mol. The van der Waals surface area contributed by atoms with Crippen molar-refractivity contribution >= 4 is 63.6 Å². The quantitative estimate of drug-likeness (QED) is 0.587. The number of hydrogen-bond acceptors (Lipinski definition) is 3. The molecule has 2 aromatic heterocycles. The fourth-order valence-electron chi connectivity index (χ4n) is 2.27. The number of hydrogen-bond donors (Lipinski definition) is 2. The second-order valence-electron chi connectivity index (χ2n) is 5.62. The third-order valence-corrected chi connectivity index (χ3v) is 4.98. The first-order valence-electron chi connectivity index (χ1n) is 7.57. The van der Waals surface area contributed by atoms with Crippen LogP contribution in [-0.4, -0.2) is 24.7 Å². The molecule has 2 N–H and O–H groups in total. The number of thiocarbonyl (C=S) groups is 1. The van der Waals surface area contributed by atoms with E-state index in [4.69, 9.17) is 47.0 Å². The van der Waals surface area contributed by atoms with Gasteiger partial charge in [0.25, 0.3) is 0 Å². The predicted octanol–water partition coefficient (Wildman–Crippen LogP) is 4.74. The van der Waals surface area contributed by atoms with Crippen LogP contribution in [0.15, 0.2) is 30.6 Å². The van der Waals surface area contributed by atoms with Crippen LogP contribution in [0.3, 0.4) is 0 Å². The van der Waals surface area contributed by atoms with Crippen LogP contribution < -0.4 is 10.6 Å². The van der Waals surface area contributed by atoms with Crippen molar-refractivity contribution in [1.82, 2.24) is 19.6 Å². The van der Waals surface area contributed by atoms with Crippen molar-refractivity contribution in [2.75, 3.05) is 10.6 Å². The van der Waals surface area contributed by atoms with Gasteiger partial charge in [0, 0.05) is 13.2 Å². The highest BCUT2D eigenvalue weighted by Gasteiger charge is 2.11. The van der Waals surface area contributed by atoms with Gasteiger partial charge in [-0.05, 0) is 36.8 Å². The maximum absolute atomic E-state index is 6.25. The number of halogens is 3. The molecule has 136 valence electrons. The van der Waals surface area contributed by atoms with Crippen LogP contribution in [0, 0.1) is 6.92 Å². The average Bonchev–Trinajstić information content (AvgIpc) is 3.07. The summed E-state index contributed by atoms with van der Waals surface area (Å²) < 4.78 is 3.45. The molecule has 0 amide bonds. The second-order valence-corrected chi connectivity index (χ2v) is 7.25. The number of rotatable bonds is 4. The van der Waals surface area contributed by atoms with E-state index in [9.17, 15) is 0 Å². The minimum Gasteiger partial charge on any atom is -0.330 e. The molecule has 0 radical (unpaired) electrons. The monoisotopic (exact) mass is 428 g/mol. The molecule has 6 nitrogen and oxygen atoms in total. The Morgan fingerprint density at radius 2 is 1.92 bits per heavy atom. The molecule has 1 aromatic carbocycles. The van der Waals surface area contributed by atoms with Crippen molar-refractivity contribution in [3.8, 4) is 0 Å². The molecular formula is C16H15Cl3N6S. The molecule has 0 saturated carbocycles. The van der Waals surface area contributed by atoms with Gasteiger partial charge in [-0.15, -0.1) is 0 Å². The van der Waals surface area contributed by atoms with Crippen molar-refractivity contribution in [2.24, 2.45) is 7.05 Å². The molecule has 0 fully saturated rings. The van der Waals surface area contributed by atoms with E-state index in [-0.39, 0.29) is 0 Å². The molecule has 26 heavy (non-hydrogen) atoms. The maximum Gasteiger partial charge on any atom is 0.176 e. The van der Waals surface area contributed by atoms with Crippen LogP contribution >= 0.6 is 47.0 Å². The summed E-state index contributed by atoms with van der Waals surface area (Å²) in [6, 6.07) is 5.43. The van der Waals surface area contributed by atoms with Crippen molar-refractivity contribution in [3.63, 3.8) is 0 Å². The standard InChI is InChI=1S/C16H15Cl3N6S/c1-9-14(6-20-24(9)2)21-16(26)22-15-13(19)8-25(23-15)7-10-3-4-11(17)12(18)5-10/h3-6,8H,7H2,1-2H3,(H2,21,22,23,26). The highest BCUT2D eigenvalue weighted by molar-refractivity contribution is 7.80. The van der Waals surface area contributed by atoms with Crippen LogP contribution in [0.2, 0.25) is 15.1 Å². The molecule has 0 aliphatic heterocycles. The van der Waals surface area contributed by atoms with Crippen LogP contribution in [-0.2, 0) is 13.6 Å². The number of aromatic nitrogens is 4. The largest absolute Gasteiger partial charge is 0.330 e. The SMILES string of the molecule is Cc1c(NC(=S)Nc2nn(Cc3ccc(Cl)c(Cl)c3)cc2Cl)cnn1C. The van der Waals surface area contributed by atoms with Gasteiger partial charge in [0.15, 0.2) is 10.9 Å². The van der Waals surface area contributed by atoms with Crippen LogP contribution in [0.4, 0.5) is 11.5 Å². The van der Waals surface area contributed by atoms with Crippen LogP contribution in [0.25, 0.3) is 0 Å². The fourth-order valence-corrected chi connectivity index (χ4v) is 3.00. The van der Waals surface area contributed by atoms with Crippen molar-refractivity contribution in [1.29, 1.82) is 0 Å². The first-order chi connectivity index (χ1) is 12.3. The summed E-state index contributed by atoms with van der Waals surface area (Å²) in [6.07, 6.45) is 3.41. The summed E-state index contributed by atoms with van der Waals surface area (Å²) in [5.74, 6) is 0.464. The number of anilines is 2. The smallest absolute Gasteiger partial charge is 0.176 e. The Labute approximate surface area is 171 Å². The lowest BCUT2D eigenvalue weighted by molar-refractivity contribution is 0.690. The topological polar surface area (TPSA) is 59.7 Å². The molecule has 10 heteroatoms. The van der Waals surface area contributed by atoms with Gasteiger partial charge in [-0.3, -0.25) is 9.36 Å². The third-order valence-electron chi connectivity index (χ3n) is 3.76. The maximum atomic E-state index is 6.25. The third kappa shape index (κ3) is 4.29. The Hall–Kier alpha value is -1.80. The van der Waals surface area contributed by atoms with Gasteiger partial charge in [-0.2, -0.15) is 10.2 Å². The molecule has 3 aromatic rings. The Bertz CT molecular complexity index is 965. The zero-order chi connectivity index (χ0) is 18.8. The van der Waals surface area contributed by atoms with Crippen LogP contribution in [0.1, 0.15) is 11.3 Å². The van der Waals surface area contributed by atoms with Gasteiger partial charge in [0.2, 0.25) is 0 Å². The summed E-state index contributed by atoms with van der Waals surface area (Å²) in [5.41, 5.74) is 2.73. The van der Waals surface area contributed by atoms with Crippen molar-refractivity contribution in [3.05, 3.63) is 56.9 Å². The fraction of sp³-hybridized carbons (Fsp3) is 0.188. The minimum atomic E-state index is 0.378. The van der Waals surface area contributed by atoms with Crippen LogP contribution in [0.5, 0.6) is 0 Å². The number of nitrogens with one attached hydrogen (secondary N) is 2. The van der Waals surface area contributed by atoms with E-state index in [0.29, 0.717) is 32.5 Å². The molecule has 0 spiro atoms. The summed E-state index contributed by atoms with van der Waals surface area (Å²) in [6.45, 7) is 2.44. The zero-order valence-electron chi connectivity index (χ0n) is 13.9. The molecule has 0 saturated heterocycles. The summed E-state index contributed by atoms with van der Waals surface area (Å²) in [4.78, 5) is 0. The number of nitrogens with zero attached hydrogens (tertiary/aromatic N) is 4. The Balaban J connectivity index is 1.68. The molecule has 3 rings (SSSR count). The first-order valence-corrected chi connectivity index (χ1v) is 9.11. The van der Waals surface area contributed by atoms with E-state index in [2.05, 4.69) is 20.8 Å². The van der Waals surface area contributed by atoms with E-state index in [1.54, 1.807) is 33.9 Å². The molecular weight excluding hydrogens is 415 g/mol. The number of benzene rings is 1. The summed E-state index contributed by atoms with van der Waals surface area (Å²) >= 11 is 23.6. The highest BCUT2D eigenvalue weighted by atomic mass is 35.5. The lowest BCUT2D eigenvalue weighted by atomic mass is 10.2. The summed E-state index contributed by atoms with van der Waals surface area (Å²) in [7, 11) is 1.86. The highest BCUT2D eigenvalue weighted by Crippen LogP contribution is 2.24. The normalized spacial score (nSPS) is 10.8. The van der Waals surface area contributed by atoms with Gasteiger partial charge in [-0.25, -0.2) is 0 Å². The summed E-state index contributed by atoms with van der Waals surface area (Å²) in [5, 5.41) is 16.5. The lowest BCUT2D eigenvalue weighted by Crippen LogP contribution is -2.20. The van der Waals surface area contributed by atoms with E-state index in [0.717, 1.165) is 16.9 Å². The van der Waals surface area contributed by atoms with E-state index in [1.165, 1.54) is 0 Å². The second kappa shape index (κ2) is 7.84. The molecule has 0 aliphatic rings. The molecule has 2 heterocycles. The lowest BCUT2D eigenvalue weighted by Gasteiger charge is -2.08. The van der Waals surface area contributed by atoms with Gasteiger partial charge < -0.3 is 10.6 Å². The Kier molecular flexibility index (Phi) is 5.72.